The summed E-state index contributed by atoms with van der Waals surface area (Å²) in [5.74, 6) is -0.293. The van der Waals surface area contributed by atoms with E-state index in [1.165, 1.54) is 13.2 Å². The van der Waals surface area contributed by atoms with E-state index in [2.05, 4.69) is 0 Å². The molecule has 1 aromatic heterocycles. The van der Waals surface area contributed by atoms with Crippen molar-refractivity contribution in [3.63, 3.8) is 0 Å². The minimum atomic E-state index is -0.794. The quantitative estimate of drug-likeness (QED) is 0.759. The Morgan fingerprint density at radius 3 is 2.81 bits per heavy atom. The molecule has 3 heterocycles. The largest absolute Gasteiger partial charge is 0.491 e. The molecule has 21 heavy (non-hydrogen) atoms. The first kappa shape index (κ1) is 13.9. The summed E-state index contributed by atoms with van der Waals surface area (Å²) in [6.45, 7) is 1.47. The maximum atomic E-state index is 12.6. The summed E-state index contributed by atoms with van der Waals surface area (Å²) in [6.07, 6.45) is -0.794. The van der Waals surface area contributed by atoms with Crippen LogP contribution in [0, 0.1) is 0 Å². The first-order valence-electron chi connectivity index (χ1n) is 6.64. The summed E-state index contributed by atoms with van der Waals surface area (Å²) in [5.41, 5.74) is 0.191. The van der Waals surface area contributed by atoms with Crippen molar-refractivity contribution in [2.75, 3.05) is 45.6 Å². The average Bonchev–Trinajstić information content (AvgIpc) is 2.77. The second kappa shape index (κ2) is 5.05. The first-order chi connectivity index (χ1) is 10.1. The number of carbonyl (C=O) groups excluding carboxylic acids is 1. The van der Waals surface area contributed by atoms with Gasteiger partial charge in [0.15, 0.2) is 11.4 Å². The Labute approximate surface area is 121 Å². The Hall–Kier alpha value is -2.06. The summed E-state index contributed by atoms with van der Waals surface area (Å²) >= 11 is 0. The van der Waals surface area contributed by atoms with Gasteiger partial charge in [-0.1, -0.05) is 0 Å². The molecule has 1 aromatic rings. The molecule has 0 saturated heterocycles. The third kappa shape index (κ3) is 1.98. The Balaban J connectivity index is 2.14. The Kier molecular flexibility index (Phi) is 3.34. The molecule has 3 rings (SSSR count). The highest BCUT2D eigenvalue weighted by Crippen LogP contribution is 2.30. The number of aliphatic hydroxyl groups is 1. The molecule has 8 heteroatoms. The number of hydrogen-bond acceptors (Lipinski definition) is 6. The topological polar surface area (TPSA) is 84.2 Å². The molecule has 114 valence electrons. The lowest BCUT2D eigenvalue weighted by molar-refractivity contribution is 0.0627. The zero-order chi connectivity index (χ0) is 15.1. The van der Waals surface area contributed by atoms with Crippen LogP contribution >= 0.6 is 0 Å². The predicted octanol–water partition coefficient (Wildman–Crippen LogP) is -1.10. The summed E-state index contributed by atoms with van der Waals surface area (Å²) in [4.78, 5) is 26.3. The third-order valence-corrected chi connectivity index (χ3v) is 3.78. The number of hydrogen-bond donors (Lipinski definition) is 1. The third-order valence-electron chi connectivity index (χ3n) is 3.78. The monoisotopic (exact) mass is 295 g/mol. The van der Waals surface area contributed by atoms with Crippen LogP contribution in [-0.4, -0.2) is 61.2 Å². The van der Waals surface area contributed by atoms with E-state index >= 15 is 0 Å². The van der Waals surface area contributed by atoms with Crippen LogP contribution in [-0.2, 0) is 4.74 Å². The van der Waals surface area contributed by atoms with Crippen LogP contribution in [0.5, 0.6) is 5.75 Å². The van der Waals surface area contributed by atoms with E-state index in [-0.39, 0.29) is 17.4 Å². The number of pyridine rings is 1. The second-order valence-electron chi connectivity index (χ2n) is 5.03. The van der Waals surface area contributed by atoms with Crippen molar-refractivity contribution in [1.29, 1.82) is 0 Å². The van der Waals surface area contributed by atoms with Gasteiger partial charge in [0, 0.05) is 19.7 Å². The fourth-order valence-corrected chi connectivity index (χ4v) is 2.81. The number of aromatic nitrogens is 1. The van der Waals surface area contributed by atoms with Gasteiger partial charge in [-0.2, -0.15) is 0 Å². The highest BCUT2D eigenvalue weighted by atomic mass is 16.5. The fraction of sp³-hybridized carbons (Fsp3) is 0.538. The highest BCUT2D eigenvalue weighted by molar-refractivity contribution is 5.96. The van der Waals surface area contributed by atoms with E-state index in [0.717, 1.165) is 0 Å². The van der Waals surface area contributed by atoms with Gasteiger partial charge in [-0.05, 0) is 0 Å². The lowest BCUT2D eigenvalue weighted by atomic mass is 10.2. The minimum Gasteiger partial charge on any atom is -0.491 e. The second-order valence-corrected chi connectivity index (χ2v) is 5.03. The zero-order valence-corrected chi connectivity index (χ0v) is 11.9. The summed E-state index contributed by atoms with van der Waals surface area (Å²) in [5, 5.41) is 11.9. The molecule has 0 bridgehead atoms. The highest BCUT2D eigenvalue weighted by Gasteiger charge is 2.40. The van der Waals surface area contributed by atoms with Gasteiger partial charge in [0.05, 0.1) is 26.0 Å². The normalized spacial score (nSPS) is 20.0. The van der Waals surface area contributed by atoms with Crippen molar-refractivity contribution in [3.8, 4) is 5.75 Å². The maximum absolute atomic E-state index is 12.6. The van der Waals surface area contributed by atoms with E-state index < -0.39 is 11.5 Å². The summed E-state index contributed by atoms with van der Waals surface area (Å²) in [7, 11) is 2.92. The Bertz CT molecular complexity index is 641. The van der Waals surface area contributed by atoms with Gasteiger partial charge >= 0.3 is 0 Å². The number of nitrogens with zero attached hydrogens (tertiary/aromatic N) is 3. The van der Waals surface area contributed by atoms with Crippen LogP contribution in [0.1, 0.15) is 22.3 Å². The van der Waals surface area contributed by atoms with Gasteiger partial charge in [-0.25, -0.2) is 4.68 Å². The lowest BCUT2D eigenvalue weighted by Gasteiger charge is -2.37. The predicted molar refractivity (Wildman–Crippen MR) is 73.1 cm³/mol. The molecule has 8 nitrogen and oxygen atoms in total. The minimum absolute atomic E-state index is 0.00460. The molecule has 2 aliphatic heterocycles. The first-order valence-corrected chi connectivity index (χ1v) is 6.64. The van der Waals surface area contributed by atoms with E-state index in [4.69, 9.17) is 9.47 Å². The van der Waals surface area contributed by atoms with Crippen LogP contribution in [0.2, 0.25) is 0 Å². The number of rotatable bonds is 4. The van der Waals surface area contributed by atoms with E-state index in [1.807, 2.05) is 5.01 Å². The fourth-order valence-electron chi connectivity index (χ4n) is 2.81. The van der Waals surface area contributed by atoms with Crippen LogP contribution in [0.3, 0.4) is 0 Å². The van der Waals surface area contributed by atoms with E-state index in [1.54, 1.807) is 16.7 Å². The molecule has 0 aliphatic carbocycles. The molecule has 1 atom stereocenters. The zero-order valence-electron chi connectivity index (χ0n) is 11.9. The number of amides is 1. The van der Waals surface area contributed by atoms with Gasteiger partial charge < -0.3 is 19.5 Å². The molecule has 2 aliphatic rings. The summed E-state index contributed by atoms with van der Waals surface area (Å²) in [6, 6.07) is 1.32. The molecule has 1 amide bonds. The molecule has 0 fully saturated rings. The van der Waals surface area contributed by atoms with Gasteiger partial charge in [0.2, 0.25) is 5.43 Å². The Morgan fingerprint density at radius 2 is 2.14 bits per heavy atom. The number of methoxy groups -OCH3 is 2. The van der Waals surface area contributed by atoms with Gasteiger partial charge in [-0.15, -0.1) is 0 Å². The lowest BCUT2D eigenvalue weighted by Crippen LogP contribution is -2.53. The Morgan fingerprint density at radius 1 is 1.38 bits per heavy atom. The van der Waals surface area contributed by atoms with Crippen molar-refractivity contribution in [2.45, 2.75) is 6.10 Å². The number of aliphatic hydroxyl groups excluding tert-OH is 1. The van der Waals surface area contributed by atoms with E-state index in [9.17, 15) is 14.7 Å². The van der Waals surface area contributed by atoms with Crippen LogP contribution in [0.25, 0.3) is 0 Å². The van der Waals surface area contributed by atoms with Crippen molar-refractivity contribution in [3.05, 3.63) is 27.7 Å². The van der Waals surface area contributed by atoms with Crippen molar-refractivity contribution >= 4 is 5.91 Å². The van der Waals surface area contributed by atoms with Gasteiger partial charge in [0.25, 0.3) is 5.91 Å². The summed E-state index contributed by atoms with van der Waals surface area (Å²) < 4.78 is 11.7. The molecular formula is C13H17N3O5. The SMILES string of the molecule is COCCN1CN2CC(O)c3cc(=O)c(OC)c(n32)C1=O. The molecule has 0 saturated carbocycles. The molecule has 1 unspecified atom stereocenters. The van der Waals surface area contributed by atoms with Gasteiger partial charge in [-0.3, -0.25) is 14.6 Å². The van der Waals surface area contributed by atoms with Crippen LogP contribution < -0.4 is 15.2 Å². The van der Waals surface area contributed by atoms with Crippen molar-refractivity contribution in [1.82, 2.24) is 9.58 Å². The van der Waals surface area contributed by atoms with Gasteiger partial charge in [0.1, 0.15) is 12.8 Å². The molecule has 0 aromatic carbocycles. The molecule has 0 radical (unpaired) electrons. The van der Waals surface area contributed by atoms with Crippen molar-refractivity contribution in [2.24, 2.45) is 0 Å². The smallest absolute Gasteiger partial charge is 0.277 e. The van der Waals surface area contributed by atoms with Crippen LogP contribution in [0.15, 0.2) is 10.9 Å². The van der Waals surface area contributed by atoms with Crippen molar-refractivity contribution < 1.29 is 19.4 Å². The number of carbonyl (C=O) groups is 1. The average molecular weight is 295 g/mol. The maximum Gasteiger partial charge on any atom is 0.277 e. The molecule has 1 N–H and O–H groups in total. The van der Waals surface area contributed by atoms with Crippen LogP contribution in [0.4, 0.5) is 0 Å². The standard InChI is InChI=1S/C13H17N3O5/c1-20-4-3-14-7-15-6-10(18)8-5-9(17)12(21-2)11(13(14)19)16(8)15/h5,10,18H,3-4,6-7H2,1-2H3. The molecular weight excluding hydrogens is 278 g/mol. The molecule has 0 spiro atoms. The number of ether oxygens (including phenoxy) is 2. The van der Waals surface area contributed by atoms with E-state index in [0.29, 0.717) is 32.1 Å².